The third-order valence-electron chi connectivity index (χ3n) is 7.30. The molecule has 0 bridgehead atoms. The second kappa shape index (κ2) is 19.6. The number of carbonyl (C=O) groups excluding carboxylic acids is 2. The molecule has 2 unspecified atom stereocenters. The van der Waals surface area contributed by atoms with Gasteiger partial charge in [-0.1, -0.05) is 178 Å². The number of alkyl halides is 8. The fourth-order valence-corrected chi connectivity index (χ4v) is 17.8. The minimum absolute atomic E-state index is 0.0822. The lowest BCUT2D eigenvalue weighted by Crippen LogP contribution is -2.48. The predicted octanol–water partition coefficient (Wildman–Crippen LogP) is 11.1. The Kier molecular flexibility index (Phi) is 19.0. The summed E-state index contributed by atoms with van der Waals surface area (Å²) in [7, 11) is 0. The van der Waals surface area contributed by atoms with Crippen molar-refractivity contribution in [1.29, 1.82) is 0 Å². The number of esters is 2. The summed E-state index contributed by atoms with van der Waals surface area (Å²) < 4.78 is 19.8. The number of rotatable bonds is 18. The summed E-state index contributed by atoms with van der Waals surface area (Å²) in [6.45, 7) is 17.1. The van der Waals surface area contributed by atoms with Crippen LogP contribution in [0.3, 0.4) is 0 Å². The zero-order valence-electron chi connectivity index (χ0n) is 26.6. The maximum Gasteiger partial charge on any atom is 0.333 e. The van der Waals surface area contributed by atoms with Crippen LogP contribution >= 0.6 is 151 Å². The highest BCUT2D eigenvalue weighted by atomic mass is 79.9. The molecular formula is C31H40Br8O6S2. The van der Waals surface area contributed by atoms with Crippen LogP contribution in [0.5, 0.6) is 0 Å². The first kappa shape index (κ1) is 45.5. The van der Waals surface area contributed by atoms with Crippen molar-refractivity contribution in [2.75, 3.05) is 51.1 Å². The van der Waals surface area contributed by atoms with Gasteiger partial charge in [0, 0.05) is 28.1 Å². The van der Waals surface area contributed by atoms with E-state index < -0.39 is 24.9 Å². The average molecular weight is 1210 g/mol. The van der Waals surface area contributed by atoms with Gasteiger partial charge in [-0.2, -0.15) is 23.5 Å². The van der Waals surface area contributed by atoms with E-state index in [9.17, 15) is 9.59 Å². The van der Waals surface area contributed by atoms with Gasteiger partial charge in [-0.25, -0.2) is 9.59 Å². The first-order chi connectivity index (χ1) is 21.5. The highest BCUT2D eigenvalue weighted by Gasteiger charge is 2.55. The molecule has 0 N–H and O–H groups in total. The molecule has 0 heterocycles. The molecule has 0 radical (unpaired) electrons. The maximum absolute atomic E-state index is 11.5. The first-order valence-electron chi connectivity index (χ1n) is 14.5. The number of ether oxygens (including phenoxy) is 4. The van der Waals surface area contributed by atoms with Gasteiger partial charge >= 0.3 is 11.9 Å². The SMILES string of the molecule is C=C(C)C(=O)OCCOCCSC1C(Br)(Br)C=C(C(C)(C)C2=CC(Br)(Br)C(SCCOCCOC(=O)C(=C)C)C(Br)(Br)C2)CC1(Br)Br. The van der Waals surface area contributed by atoms with E-state index in [2.05, 4.69) is 167 Å². The zero-order chi connectivity index (χ0) is 35.8. The Hall–Kier alpha value is 2.36. The molecule has 47 heavy (non-hydrogen) atoms. The number of hydrogen-bond acceptors (Lipinski definition) is 8. The monoisotopic (exact) mass is 1200 g/mol. The summed E-state index contributed by atoms with van der Waals surface area (Å²) >= 11 is 35.6. The smallest absolute Gasteiger partial charge is 0.333 e. The van der Waals surface area contributed by atoms with Gasteiger partial charge in [-0.15, -0.1) is 0 Å². The molecule has 0 fully saturated rings. The molecule has 0 aromatic rings. The van der Waals surface area contributed by atoms with Crippen molar-refractivity contribution < 1.29 is 28.5 Å². The maximum atomic E-state index is 11.5. The number of thioether (sulfide) groups is 2. The highest BCUT2D eigenvalue weighted by Crippen LogP contribution is 2.63. The molecule has 0 amide bonds. The highest BCUT2D eigenvalue weighted by molar-refractivity contribution is 9.27. The molecule has 0 aromatic heterocycles. The lowest BCUT2D eigenvalue weighted by atomic mass is 9.70. The molecule has 2 rings (SSSR count). The summed E-state index contributed by atoms with van der Waals surface area (Å²) in [5.41, 5.74) is 3.02. The molecule has 0 spiro atoms. The van der Waals surface area contributed by atoms with E-state index in [1.165, 1.54) is 11.1 Å². The second-order valence-corrected chi connectivity index (χ2v) is 29.3. The van der Waals surface area contributed by atoms with Crippen LogP contribution in [-0.2, 0) is 28.5 Å². The average Bonchev–Trinajstić information content (AvgIpc) is 2.92. The normalized spacial score (nSPS) is 22.9. The Morgan fingerprint density at radius 3 is 1.34 bits per heavy atom. The third kappa shape index (κ3) is 13.9. The lowest BCUT2D eigenvalue weighted by molar-refractivity contribution is -0.141. The van der Waals surface area contributed by atoms with Crippen molar-refractivity contribution in [2.24, 2.45) is 5.41 Å². The molecule has 268 valence electrons. The largest absolute Gasteiger partial charge is 0.460 e. The minimum atomic E-state index is -0.490. The quantitative estimate of drug-likeness (QED) is 0.0442. The van der Waals surface area contributed by atoms with Gasteiger partial charge in [0.1, 0.15) is 19.7 Å². The van der Waals surface area contributed by atoms with E-state index in [0.29, 0.717) is 37.6 Å². The molecule has 0 aromatic carbocycles. The van der Waals surface area contributed by atoms with Crippen molar-refractivity contribution in [1.82, 2.24) is 0 Å². The molecule has 2 aliphatic rings. The van der Waals surface area contributed by atoms with Gasteiger partial charge in [0.05, 0.1) is 43.4 Å². The molecule has 16 heteroatoms. The minimum Gasteiger partial charge on any atom is -0.460 e. The number of allylic oxidation sites excluding steroid dienone is 4. The number of hydrogen-bond donors (Lipinski definition) is 0. The van der Waals surface area contributed by atoms with E-state index in [1.807, 2.05) is 0 Å². The van der Waals surface area contributed by atoms with Crippen molar-refractivity contribution in [3.8, 4) is 0 Å². The van der Waals surface area contributed by atoms with Gasteiger partial charge in [0.2, 0.25) is 0 Å². The Bertz CT molecular complexity index is 1130. The predicted molar refractivity (Wildman–Crippen MR) is 227 cm³/mol. The summed E-state index contributed by atoms with van der Waals surface area (Å²) in [5, 5.41) is 0.164. The Labute approximate surface area is 355 Å². The van der Waals surface area contributed by atoms with Gasteiger partial charge < -0.3 is 18.9 Å². The summed E-state index contributed by atoms with van der Waals surface area (Å²) in [6, 6.07) is 0. The van der Waals surface area contributed by atoms with Gasteiger partial charge in [-0.3, -0.25) is 0 Å². The molecule has 0 aliphatic heterocycles. The Morgan fingerprint density at radius 2 is 1.04 bits per heavy atom. The molecular weight excluding hydrogens is 1170 g/mol. The lowest BCUT2D eigenvalue weighted by Gasteiger charge is -2.49. The van der Waals surface area contributed by atoms with Crippen molar-refractivity contribution in [3.05, 3.63) is 47.6 Å². The van der Waals surface area contributed by atoms with Crippen LogP contribution in [0.15, 0.2) is 47.6 Å². The molecule has 0 saturated heterocycles. The molecule has 0 saturated carbocycles. The van der Waals surface area contributed by atoms with E-state index in [1.54, 1.807) is 37.4 Å². The zero-order valence-corrected chi connectivity index (χ0v) is 40.9. The summed E-state index contributed by atoms with van der Waals surface area (Å²) in [5.74, 6) is 0.708. The fourth-order valence-electron chi connectivity index (χ4n) is 4.74. The van der Waals surface area contributed by atoms with Gasteiger partial charge in [0.25, 0.3) is 0 Å². The van der Waals surface area contributed by atoms with Crippen molar-refractivity contribution in [3.63, 3.8) is 0 Å². The van der Waals surface area contributed by atoms with Crippen molar-refractivity contribution >= 4 is 163 Å². The van der Waals surface area contributed by atoms with E-state index in [0.717, 1.165) is 24.3 Å². The second-order valence-electron chi connectivity index (χ2n) is 11.7. The first-order valence-corrected chi connectivity index (χ1v) is 23.0. The fraction of sp³-hybridized carbons (Fsp3) is 0.677. The van der Waals surface area contributed by atoms with Crippen LogP contribution in [0.2, 0.25) is 0 Å². The Morgan fingerprint density at radius 1 is 0.702 bits per heavy atom. The van der Waals surface area contributed by atoms with Crippen LogP contribution in [0.25, 0.3) is 0 Å². The number of carbonyl (C=O) groups is 2. The van der Waals surface area contributed by atoms with Crippen LogP contribution in [0, 0.1) is 5.41 Å². The molecule has 2 aliphatic carbocycles. The van der Waals surface area contributed by atoms with Crippen LogP contribution < -0.4 is 0 Å². The van der Waals surface area contributed by atoms with E-state index >= 15 is 0 Å². The Balaban J connectivity index is 2.04. The number of halogens is 8. The van der Waals surface area contributed by atoms with Gasteiger partial charge in [0.15, 0.2) is 0 Å². The summed E-state index contributed by atoms with van der Waals surface area (Å²) in [4.78, 5) is 23.0. The van der Waals surface area contributed by atoms with E-state index in [4.69, 9.17) is 18.9 Å². The summed E-state index contributed by atoms with van der Waals surface area (Å²) in [6.07, 6.45) is 6.14. The standard InChI is InChI=1S/C31H40Br8O6S2/c1-19(2)23(40)44-9-7-42-11-13-46-25-28(32,33)15-21(16-29(25,34)35)27(5,6)22-17-30(36,37)26(31(38,39)18-22)47-14-12-43-8-10-45-24(41)20(3)4/h15,17,25-26H,1,3,7-14,16,18H2,2,4-6H3. The van der Waals surface area contributed by atoms with Crippen LogP contribution in [0.4, 0.5) is 0 Å². The van der Waals surface area contributed by atoms with Crippen LogP contribution in [-0.4, -0.2) is 86.5 Å². The molecule has 2 atom stereocenters. The van der Waals surface area contributed by atoms with Crippen molar-refractivity contribution in [2.45, 2.75) is 64.0 Å². The van der Waals surface area contributed by atoms with E-state index in [-0.39, 0.29) is 29.1 Å². The van der Waals surface area contributed by atoms with Gasteiger partial charge in [-0.05, 0) is 26.7 Å². The topological polar surface area (TPSA) is 71.1 Å². The van der Waals surface area contributed by atoms with Crippen LogP contribution in [0.1, 0.15) is 40.5 Å². The third-order valence-corrected chi connectivity index (χ3v) is 18.4. The molecule has 6 nitrogen and oxygen atoms in total.